The molecule has 0 atom stereocenters. The number of benzene rings is 1. The van der Waals surface area contributed by atoms with Crippen LogP contribution in [0.1, 0.15) is 51.9 Å². The summed E-state index contributed by atoms with van der Waals surface area (Å²) in [6, 6.07) is 10.7. The summed E-state index contributed by atoms with van der Waals surface area (Å²) in [5.41, 5.74) is 3.80. The number of aryl methyl sites for hydroxylation is 2. The van der Waals surface area contributed by atoms with E-state index in [1.165, 1.54) is 0 Å². The van der Waals surface area contributed by atoms with E-state index in [9.17, 15) is 4.79 Å². The molecule has 1 aliphatic rings. The van der Waals surface area contributed by atoms with Crippen LogP contribution in [0.15, 0.2) is 41.1 Å². The van der Waals surface area contributed by atoms with Gasteiger partial charge in [-0.25, -0.2) is 9.97 Å². The van der Waals surface area contributed by atoms with Gasteiger partial charge < -0.3 is 9.42 Å². The highest BCUT2D eigenvalue weighted by Gasteiger charge is 2.28. The van der Waals surface area contributed by atoms with Gasteiger partial charge in [-0.15, -0.1) is 0 Å². The highest BCUT2D eigenvalue weighted by molar-refractivity contribution is 5.94. The molecule has 0 unspecified atom stereocenters. The number of hydrogen-bond donors (Lipinski definition) is 0. The van der Waals surface area contributed by atoms with Crippen LogP contribution in [0, 0.1) is 25.2 Å². The van der Waals surface area contributed by atoms with Crippen molar-refractivity contribution in [3.05, 3.63) is 64.9 Å². The van der Waals surface area contributed by atoms with E-state index in [2.05, 4.69) is 16.2 Å². The van der Waals surface area contributed by atoms with E-state index in [4.69, 9.17) is 14.8 Å². The maximum Gasteiger partial charge on any atom is 0.253 e. The standard InChI is InChI=1S/C22H21N5O2/c1-14-11-20(29-26-14)19-13-24-15(2)25-21(19)17-7-9-27(10-8-17)22(28)18-5-3-16(12-23)4-6-18/h3-6,11,13,17H,7-10H2,1-2H3. The van der Waals surface area contributed by atoms with Gasteiger partial charge in [0, 0.05) is 36.8 Å². The van der Waals surface area contributed by atoms with E-state index in [1.807, 2.05) is 24.8 Å². The number of aromatic nitrogens is 3. The highest BCUT2D eigenvalue weighted by atomic mass is 16.5. The Morgan fingerprint density at radius 3 is 2.55 bits per heavy atom. The molecular weight excluding hydrogens is 366 g/mol. The van der Waals surface area contributed by atoms with Gasteiger partial charge in [0.2, 0.25) is 0 Å². The molecule has 0 saturated carbocycles. The van der Waals surface area contributed by atoms with E-state index in [0.29, 0.717) is 30.0 Å². The fraction of sp³-hybridized carbons (Fsp3) is 0.318. The monoisotopic (exact) mass is 387 g/mol. The molecule has 1 amide bonds. The zero-order chi connectivity index (χ0) is 20.4. The third-order valence-electron chi connectivity index (χ3n) is 5.26. The highest BCUT2D eigenvalue weighted by Crippen LogP contribution is 2.34. The van der Waals surface area contributed by atoms with Gasteiger partial charge in [-0.3, -0.25) is 4.79 Å². The molecular formula is C22H21N5O2. The van der Waals surface area contributed by atoms with Gasteiger partial charge in [-0.05, 0) is 51.0 Å². The third-order valence-corrected chi connectivity index (χ3v) is 5.26. The minimum atomic E-state index is -0.00195. The van der Waals surface area contributed by atoms with Crippen molar-refractivity contribution in [1.29, 1.82) is 5.26 Å². The summed E-state index contributed by atoms with van der Waals surface area (Å²) in [7, 11) is 0. The van der Waals surface area contributed by atoms with Gasteiger partial charge in [-0.1, -0.05) is 5.16 Å². The van der Waals surface area contributed by atoms with Gasteiger partial charge >= 0.3 is 0 Å². The van der Waals surface area contributed by atoms with Crippen molar-refractivity contribution in [2.45, 2.75) is 32.6 Å². The second kappa shape index (κ2) is 7.84. The molecule has 2 aromatic heterocycles. The van der Waals surface area contributed by atoms with E-state index >= 15 is 0 Å². The quantitative estimate of drug-likeness (QED) is 0.681. The third kappa shape index (κ3) is 3.87. The number of nitriles is 1. The molecule has 146 valence electrons. The second-order valence-electron chi connectivity index (χ2n) is 7.30. The number of hydrogen-bond acceptors (Lipinski definition) is 6. The van der Waals surface area contributed by atoms with E-state index in [1.54, 1.807) is 30.5 Å². The number of nitrogens with zero attached hydrogens (tertiary/aromatic N) is 5. The topological polar surface area (TPSA) is 95.9 Å². The lowest BCUT2D eigenvalue weighted by atomic mass is 9.90. The average molecular weight is 387 g/mol. The van der Waals surface area contributed by atoms with Crippen LogP contribution in [-0.4, -0.2) is 39.0 Å². The molecule has 7 nitrogen and oxygen atoms in total. The predicted molar refractivity (Wildman–Crippen MR) is 106 cm³/mol. The summed E-state index contributed by atoms with van der Waals surface area (Å²) in [6.07, 6.45) is 3.43. The van der Waals surface area contributed by atoms with Crippen molar-refractivity contribution in [3.8, 4) is 17.4 Å². The van der Waals surface area contributed by atoms with Crippen LogP contribution in [-0.2, 0) is 0 Å². The maximum atomic E-state index is 12.8. The molecule has 3 heterocycles. The van der Waals surface area contributed by atoms with E-state index in [0.717, 1.165) is 35.6 Å². The molecule has 0 spiro atoms. The van der Waals surface area contributed by atoms with Crippen molar-refractivity contribution >= 4 is 5.91 Å². The average Bonchev–Trinajstić information content (AvgIpc) is 3.19. The van der Waals surface area contributed by atoms with Gasteiger partial charge in [0.1, 0.15) is 5.82 Å². The zero-order valence-electron chi connectivity index (χ0n) is 16.4. The van der Waals surface area contributed by atoms with Crippen LogP contribution in [0.2, 0.25) is 0 Å². The molecule has 0 aliphatic carbocycles. The first-order valence-corrected chi connectivity index (χ1v) is 9.62. The Bertz CT molecular complexity index is 1070. The summed E-state index contributed by atoms with van der Waals surface area (Å²) >= 11 is 0. The number of amides is 1. The second-order valence-corrected chi connectivity index (χ2v) is 7.30. The normalized spacial score (nSPS) is 14.6. The Kier molecular flexibility index (Phi) is 5.09. The van der Waals surface area contributed by atoms with Crippen molar-refractivity contribution in [3.63, 3.8) is 0 Å². The van der Waals surface area contributed by atoms with Crippen molar-refractivity contribution in [2.24, 2.45) is 0 Å². The van der Waals surface area contributed by atoms with Crippen LogP contribution >= 0.6 is 0 Å². The maximum absolute atomic E-state index is 12.8. The smallest absolute Gasteiger partial charge is 0.253 e. The van der Waals surface area contributed by atoms with E-state index in [-0.39, 0.29) is 11.8 Å². The lowest BCUT2D eigenvalue weighted by Gasteiger charge is -2.32. The Balaban J connectivity index is 1.50. The number of carbonyl (C=O) groups is 1. The van der Waals surface area contributed by atoms with Gasteiger partial charge in [-0.2, -0.15) is 5.26 Å². The molecule has 3 aromatic rings. The minimum absolute atomic E-state index is 0.00195. The lowest BCUT2D eigenvalue weighted by Crippen LogP contribution is -2.38. The van der Waals surface area contributed by atoms with E-state index < -0.39 is 0 Å². The van der Waals surface area contributed by atoms with Crippen LogP contribution in [0.3, 0.4) is 0 Å². The number of rotatable bonds is 3. The largest absolute Gasteiger partial charge is 0.356 e. The van der Waals surface area contributed by atoms with Gasteiger partial charge in [0.25, 0.3) is 5.91 Å². The fourth-order valence-corrected chi connectivity index (χ4v) is 3.71. The Morgan fingerprint density at radius 2 is 1.93 bits per heavy atom. The fourth-order valence-electron chi connectivity index (χ4n) is 3.71. The van der Waals surface area contributed by atoms with Crippen LogP contribution in [0.5, 0.6) is 0 Å². The number of carbonyl (C=O) groups excluding carboxylic acids is 1. The van der Waals surface area contributed by atoms with Crippen LogP contribution < -0.4 is 0 Å². The molecule has 0 N–H and O–H groups in total. The first-order valence-electron chi connectivity index (χ1n) is 9.62. The summed E-state index contributed by atoms with van der Waals surface area (Å²) in [4.78, 5) is 23.7. The predicted octanol–water partition coefficient (Wildman–Crippen LogP) is 3.64. The first-order chi connectivity index (χ1) is 14.0. The Hall–Kier alpha value is -3.53. The Labute approximate surface area is 169 Å². The van der Waals surface area contributed by atoms with Gasteiger partial charge in [0.05, 0.1) is 28.6 Å². The summed E-state index contributed by atoms with van der Waals surface area (Å²) < 4.78 is 5.44. The molecule has 1 saturated heterocycles. The lowest BCUT2D eigenvalue weighted by molar-refractivity contribution is 0.0712. The molecule has 7 heteroatoms. The van der Waals surface area contributed by atoms with Crippen molar-refractivity contribution in [2.75, 3.05) is 13.1 Å². The Morgan fingerprint density at radius 1 is 1.21 bits per heavy atom. The molecule has 29 heavy (non-hydrogen) atoms. The van der Waals surface area contributed by atoms with Crippen molar-refractivity contribution in [1.82, 2.24) is 20.0 Å². The molecule has 1 fully saturated rings. The molecule has 4 rings (SSSR count). The molecule has 0 radical (unpaired) electrons. The zero-order valence-corrected chi connectivity index (χ0v) is 16.4. The molecule has 1 aromatic carbocycles. The summed E-state index contributed by atoms with van der Waals surface area (Å²) in [5, 5.41) is 12.9. The molecule has 1 aliphatic heterocycles. The summed E-state index contributed by atoms with van der Waals surface area (Å²) in [5.74, 6) is 1.62. The number of likely N-dealkylation sites (tertiary alicyclic amines) is 1. The van der Waals surface area contributed by atoms with Crippen LogP contribution in [0.4, 0.5) is 0 Å². The first kappa shape index (κ1) is 18.8. The summed E-state index contributed by atoms with van der Waals surface area (Å²) in [6.45, 7) is 5.07. The van der Waals surface area contributed by atoms with Gasteiger partial charge in [0.15, 0.2) is 5.76 Å². The van der Waals surface area contributed by atoms with Crippen LogP contribution in [0.25, 0.3) is 11.3 Å². The SMILES string of the molecule is Cc1cc(-c2cnc(C)nc2C2CCN(C(=O)c3ccc(C#N)cc3)CC2)on1. The minimum Gasteiger partial charge on any atom is -0.356 e. The van der Waals surface area contributed by atoms with Crippen molar-refractivity contribution < 1.29 is 9.32 Å². The molecule has 0 bridgehead atoms. The number of piperidine rings is 1.